The molecule has 0 radical (unpaired) electrons. The van der Waals surface area contributed by atoms with Gasteiger partial charge in [-0.2, -0.15) is 0 Å². The summed E-state index contributed by atoms with van der Waals surface area (Å²) in [6, 6.07) is 10.1. The molecule has 1 aromatic rings. The summed E-state index contributed by atoms with van der Waals surface area (Å²) in [6.45, 7) is 3.98. The SMILES string of the molecule is CCC(CCC(C=O)COC=O)COCc1ccccc1. The maximum atomic E-state index is 10.9. The van der Waals surface area contributed by atoms with Crippen molar-refractivity contribution in [1.29, 1.82) is 0 Å². The highest BCUT2D eigenvalue weighted by atomic mass is 16.5. The Labute approximate surface area is 126 Å². The first-order chi connectivity index (χ1) is 10.3. The van der Waals surface area contributed by atoms with Crippen LogP contribution in [0.2, 0.25) is 0 Å². The molecule has 0 aliphatic heterocycles. The molecule has 1 aromatic carbocycles. The normalized spacial score (nSPS) is 13.4. The molecule has 2 atom stereocenters. The van der Waals surface area contributed by atoms with Crippen LogP contribution in [0.1, 0.15) is 31.7 Å². The van der Waals surface area contributed by atoms with Gasteiger partial charge in [-0.1, -0.05) is 43.7 Å². The smallest absolute Gasteiger partial charge is 0.293 e. The summed E-state index contributed by atoms with van der Waals surface area (Å²) >= 11 is 0. The molecule has 0 N–H and O–H groups in total. The lowest BCUT2D eigenvalue weighted by Crippen LogP contribution is -2.15. The van der Waals surface area contributed by atoms with Crippen molar-refractivity contribution in [2.75, 3.05) is 13.2 Å². The third-order valence-electron chi connectivity index (χ3n) is 3.56. The molecule has 0 aromatic heterocycles. The molecule has 0 spiro atoms. The van der Waals surface area contributed by atoms with Crippen LogP contribution >= 0.6 is 0 Å². The zero-order valence-corrected chi connectivity index (χ0v) is 12.6. The third kappa shape index (κ3) is 7.61. The molecule has 0 aliphatic rings. The Kier molecular flexibility index (Phi) is 9.13. The van der Waals surface area contributed by atoms with E-state index >= 15 is 0 Å². The minimum Gasteiger partial charge on any atom is -0.467 e. The van der Waals surface area contributed by atoms with Crippen LogP contribution < -0.4 is 0 Å². The molecule has 0 fully saturated rings. The molecule has 0 saturated carbocycles. The minimum absolute atomic E-state index is 0.175. The monoisotopic (exact) mass is 292 g/mol. The van der Waals surface area contributed by atoms with Crippen LogP contribution in [0.25, 0.3) is 0 Å². The van der Waals surface area contributed by atoms with Gasteiger partial charge in [-0.25, -0.2) is 0 Å². The predicted octanol–water partition coefficient (Wildman–Crippen LogP) is 3.00. The van der Waals surface area contributed by atoms with Crippen molar-refractivity contribution in [3.05, 3.63) is 35.9 Å². The van der Waals surface area contributed by atoms with Gasteiger partial charge < -0.3 is 14.3 Å². The molecule has 4 heteroatoms. The van der Waals surface area contributed by atoms with E-state index in [1.54, 1.807) is 0 Å². The Hall–Kier alpha value is -1.68. The summed E-state index contributed by atoms with van der Waals surface area (Å²) in [7, 11) is 0. The number of carbonyl (C=O) groups excluding carboxylic acids is 2. The predicted molar refractivity (Wildman–Crippen MR) is 80.7 cm³/mol. The van der Waals surface area contributed by atoms with Crippen molar-refractivity contribution in [3.8, 4) is 0 Å². The zero-order valence-electron chi connectivity index (χ0n) is 12.6. The summed E-state index contributed by atoms with van der Waals surface area (Å²) < 4.78 is 10.4. The topological polar surface area (TPSA) is 52.6 Å². The highest BCUT2D eigenvalue weighted by molar-refractivity contribution is 5.54. The van der Waals surface area contributed by atoms with Crippen LogP contribution in [0.5, 0.6) is 0 Å². The standard InChI is InChI=1S/C17H24O4/c1-2-15(8-9-17(10-18)13-21-14-19)11-20-12-16-6-4-3-5-7-16/h3-7,10,14-15,17H,2,8-9,11-13H2,1H3. The maximum Gasteiger partial charge on any atom is 0.293 e. The molecule has 1 rings (SSSR count). The van der Waals surface area contributed by atoms with E-state index < -0.39 is 0 Å². The first kappa shape index (κ1) is 17.4. The molecule has 2 unspecified atom stereocenters. The molecule has 116 valence electrons. The molecule has 0 heterocycles. The summed E-state index contributed by atoms with van der Waals surface area (Å²) in [5.74, 6) is 0.214. The minimum atomic E-state index is -0.210. The first-order valence-corrected chi connectivity index (χ1v) is 7.42. The first-order valence-electron chi connectivity index (χ1n) is 7.42. The van der Waals surface area contributed by atoms with E-state index in [-0.39, 0.29) is 12.5 Å². The van der Waals surface area contributed by atoms with Gasteiger partial charge >= 0.3 is 0 Å². The van der Waals surface area contributed by atoms with Crippen molar-refractivity contribution in [1.82, 2.24) is 0 Å². The van der Waals surface area contributed by atoms with E-state index in [4.69, 9.17) is 4.74 Å². The number of ether oxygens (including phenoxy) is 2. The fourth-order valence-corrected chi connectivity index (χ4v) is 2.13. The van der Waals surface area contributed by atoms with Gasteiger partial charge in [0.25, 0.3) is 6.47 Å². The Balaban J connectivity index is 2.24. The van der Waals surface area contributed by atoms with Crippen molar-refractivity contribution in [2.24, 2.45) is 11.8 Å². The Morgan fingerprint density at radius 3 is 2.48 bits per heavy atom. The highest BCUT2D eigenvalue weighted by Gasteiger charge is 2.13. The molecule has 4 nitrogen and oxygen atoms in total. The van der Waals surface area contributed by atoms with E-state index in [0.29, 0.717) is 25.6 Å². The fraction of sp³-hybridized carbons (Fsp3) is 0.529. The zero-order chi connectivity index (χ0) is 15.3. The lowest BCUT2D eigenvalue weighted by molar-refractivity contribution is -0.131. The van der Waals surface area contributed by atoms with Crippen LogP contribution in [-0.4, -0.2) is 26.0 Å². The van der Waals surface area contributed by atoms with Crippen LogP contribution in [0.4, 0.5) is 0 Å². The van der Waals surface area contributed by atoms with Gasteiger partial charge in [-0.3, -0.25) is 4.79 Å². The number of aldehydes is 1. The van der Waals surface area contributed by atoms with Crippen LogP contribution in [0.15, 0.2) is 30.3 Å². The number of carbonyl (C=O) groups is 2. The van der Waals surface area contributed by atoms with Crippen LogP contribution in [-0.2, 0) is 25.7 Å². The van der Waals surface area contributed by atoms with E-state index in [1.165, 1.54) is 0 Å². The molecule has 21 heavy (non-hydrogen) atoms. The highest BCUT2D eigenvalue weighted by Crippen LogP contribution is 2.16. The van der Waals surface area contributed by atoms with Gasteiger partial charge in [0.15, 0.2) is 0 Å². The van der Waals surface area contributed by atoms with Crippen molar-refractivity contribution >= 4 is 12.8 Å². The molecular weight excluding hydrogens is 268 g/mol. The van der Waals surface area contributed by atoms with Gasteiger partial charge in [0.05, 0.1) is 6.61 Å². The van der Waals surface area contributed by atoms with Gasteiger partial charge in [0.2, 0.25) is 0 Å². The van der Waals surface area contributed by atoms with Gasteiger partial charge in [-0.05, 0) is 24.3 Å². The Bertz CT molecular complexity index is 391. The fourth-order valence-electron chi connectivity index (χ4n) is 2.13. The third-order valence-corrected chi connectivity index (χ3v) is 3.56. The van der Waals surface area contributed by atoms with Gasteiger partial charge in [0, 0.05) is 12.5 Å². The summed E-state index contributed by atoms with van der Waals surface area (Å²) in [5, 5.41) is 0. The summed E-state index contributed by atoms with van der Waals surface area (Å²) in [5.41, 5.74) is 1.16. The summed E-state index contributed by atoms with van der Waals surface area (Å²) in [6.07, 6.45) is 3.50. The molecule has 0 aliphatic carbocycles. The molecular formula is C17H24O4. The van der Waals surface area contributed by atoms with E-state index in [1.807, 2.05) is 30.3 Å². The lowest BCUT2D eigenvalue weighted by atomic mass is 9.95. The Morgan fingerprint density at radius 1 is 1.10 bits per heavy atom. The number of benzene rings is 1. The van der Waals surface area contributed by atoms with Crippen LogP contribution in [0.3, 0.4) is 0 Å². The van der Waals surface area contributed by atoms with Crippen molar-refractivity contribution < 1.29 is 19.1 Å². The van der Waals surface area contributed by atoms with Gasteiger partial charge in [0.1, 0.15) is 12.9 Å². The largest absolute Gasteiger partial charge is 0.467 e. The quantitative estimate of drug-likeness (QED) is 0.556. The van der Waals surface area contributed by atoms with E-state index in [2.05, 4.69) is 11.7 Å². The average Bonchev–Trinajstić information content (AvgIpc) is 2.54. The molecule has 0 amide bonds. The van der Waals surface area contributed by atoms with Crippen molar-refractivity contribution in [3.63, 3.8) is 0 Å². The Morgan fingerprint density at radius 2 is 1.86 bits per heavy atom. The molecule has 0 bridgehead atoms. The van der Waals surface area contributed by atoms with E-state index in [9.17, 15) is 9.59 Å². The van der Waals surface area contributed by atoms with Crippen LogP contribution in [0, 0.1) is 11.8 Å². The van der Waals surface area contributed by atoms with E-state index in [0.717, 1.165) is 31.1 Å². The second-order valence-corrected chi connectivity index (χ2v) is 5.18. The second-order valence-electron chi connectivity index (χ2n) is 5.18. The van der Waals surface area contributed by atoms with Gasteiger partial charge in [-0.15, -0.1) is 0 Å². The number of hydrogen-bond donors (Lipinski definition) is 0. The molecule has 0 saturated heterocycles. The second kappa shape index (κ2) is 11.0. The average molecular weight is 292 g/mol. The summed E-state index contributed by atoms with van der Waals surface area (Å²) in [4.78, 5) is 21.0. The number of rotatable bonds is 12. The van der Waals surface area contributed by atoms with Crippen molar-refractivity contribution in [2.45, 2.75) is 32.8 Å². The number of hydrogen-bond acceptors (Lipinski definition) is 4. The lowest BCUT2D eigenvalue weighted by Gasteiger charge is -2.17. The maximum absolute atomic E-state index is 10.9.